The summed E-state index contributed by atoms with van der Waals surface area (Å²) in [6, 6.07) is 3.66. The Labute approximate surface area is 138 Å². The first-order chi connectivity index (χ1) is 9.60. The smallest absolute Gasteiger partial charge is 0.412 e. The minimum atomic E-state index is -0.837. The predicted octanol–water partition coefficient (Wildman–Crippen LogP) is 3.96. The Morgan fingerprint density at radius 1 is 1.33 bits per heavy atom. The van der Waals surface area contributed by atoms with E-state index in [2.05, 4.69) is 27.9 Å². The van der Waals surface area contributed by atoms with Crippen molar-refractivity contribution in [3.8, 4) is 0 Å². The molecule has 0 aliphatic heterocycles. The number of anilines is 1. The van der Waals surface area contributed by atoms with Crippen LogP contribution in [0.2, 0.25) is 0 Å². The van der Waals surface area contributed by atoms with Gasteiger partial charge in [0.1, 0.15) is 5.60 Å². The summed E-state index contributed by atoms with van der Waals surface area (Å²) in [4.78, 5) is 22.5. The molecule has 1 aromatic carbocycles. The highest BCUT2D eigenvalue weighted by atomic mass is 127. The van der Waals surface area contributed by atoms with E-state index in [1.165, 1.54) is 0 Å². The summed E-state index contributed by atoms with van der Waals surface area (Å²) in [5, 5.41) is 11.5. The second-order valence-electron chi connectivity index (χ2n) is 5.72. The van der Waals surface area contributed by atoms with Crippen LogP contribution in [0, 0.1) is 10.5 Å². The molecule has 0 aromatic heterocycles. The number of hydrogen-bond acceptors (Lipinski definition) is 3. The van der Waals surface area contributed by atoms with Crippen molar-refractivity contribution in [1.82, 2.24) is 0 Å². The fraction of sp³-hybridized carbons (Fsp3) is 0.467. The van der Waals surface area contributed by atoms with Crippen LogP contribution in [0.5, 0.6) is 0 Å². The molecule has 116 valence electrons. The molecule has 0 bridgehead atoms. The highest BCUT2D eigenvalue weighted by Gasteiger charge is 2.18. The average Bonchev–Trinajstić information content (AvgIpc) is 2.30. The molecule has 0 spiro atoms. The van der Waals surface area contributed by atoms with Gasteiger partial charge in [0, 0.05) is 15.7 Å². The molecule has 0 aliphatic rings. The molecule has 0 atom stereocenters. The van der Waals surface area contributed by atoms with E-state index in [0.29, 0.717) is 12.1 Å². The number of rotatable bonds is 4. The van der Waals surface area contributed by atoms with Crippen molar-refractivity contribution in [2.24, 2.45) is 0 Å². The third-order valence-corrected chi connectivity index (χ3v) is 3.78. The number of amides is 1. The largest absolute Gasteiger partial charge is 0.481 e. The van der Waals surface area contributed by atoms with Crippen LogP contribution in [-0.2, 0) is 16.0 Å². The third-order valence-electron chi connectivity index (χ3n) is 2.77. The van der Waals surface area contributed by atoms with Crippen LogP contribution >= 0.6 is 22.6 Å². The van der Waals surface area contributed by atoms with Crippen molar-refractivity contribution in [3.05, 3.63) is 26.8 Å². The van der Waals surface area contributed by atoms with Gasteiger partial charge in [-0.05, 0) is 80.0 Å². The van der Waals surface area contributed by atoms with Crippen molar-refractivity contribution >= 4 is 40.3 Å². The Morgan fingerprint density at radius 2 is 1.95 bits per heavy atom. The number of carboxylic acid groups (broad SMARTS) is 1. The van der Waals surface area contributed by atoms with Crippen molar-refractivity contribution in [2.75, 3.05) is 5.32 Å². The molecule has 21 heavy (non-hydrogen) atoms. The van der Waals surface area contributed by atoms with Crippen molar-refractivity contribution in [2.45, 2.75) is 46.1 Å². The number of carbonyl (C=O) groups excluding carboxylic acids is 1. The van der Waals surface area contributed by atoms with Gasteiger partial charge in [0.2, 0.25) is 0 Å². The van der Waals surface area contributed by atoms with E-state index in [-0.39, 0.29) is 6.42 Å². The van der Waals surface area contributed by atoms with Crippen LogP contribution in [0.4, 0.5) is 10.5 Å². The second kappa shape index (κ2) is 7.11. The first-order valence-electron chi connectivity index (χ1n) is 6.60. The van der Waals surface area contributed by atoms with Gasteiger partial charge in [-0.25, -0.2) is 4.79 Å². The summed E-state index contributed by atoms with van der Waals surface area (Å²) in [5.74, 6) is -0.837. The average molecular weight is 405 g/mol. The van der Waals surface area contributed by atoms with Gasteiger partial charge in [-0.2, -0.15) is 0 Å². The van der Waals surface area contributed by atoms with E-state index in [0.717, 1.165) is 14.7 Å². The molecule has 6 heteroatoms. The summed E-state index contributed by atoms with van der Waals surface area (Å²) in [5.41, 5.74) is 1.89. The van der Waals surface area contributed by atoms with Gasteiger partial charge in [0.05, 0.1) is 0 Å². The summed E-state index contributed by atoms with van der Waals surface area (Å²) in [7, 11) is 0. The van der Waals surface area contributed by atoms with Gasteiger partial charge in [-0.3, -0.25) is 10.1 Å². The maximum Gasteiger partial charge on any atom is 0.412 e. The Bertz CT molecular complexity index is 549. The van der Waals surface area contributed by atoms with E-state index in [4.69, 9.17) is 9.84 Å². The van der Waals surface area contributed by atoms with E-state index in [1.807, 2.05) is 13.0 Å². The van der Waals surface area contributed by atoms with Crippen molar-refractivity contribution < 1.29 is 19.4 Å². The van der Waals surface area contributed by atoms with Crippen molar-refractivity contribution in [3.63, 3.8) is 0 Å². The molecule has 0 aliphatic carbocycles. The number of halogens is 1. The topological polar surface area (TPSA) is 75.6 Å². The summed E-state index contributed by atoms with van der Waals surface area (Å²) in [6.07, 6.45) is -0.0216. The summed E-state index contributed by atoms with van der Waals surface area (Å²) >= 11 is 2.17. The molecule has 0 fully saturated rings. The Hall–Kier alpha value is -1.31. The molecule has 0 saturated heterocycles. The predicted molar refractivity (Wildman–Crippen MR) is 89.7 cm³/mol. The fourth-order valence-corrected chi connectivity index (χ4v) is 2.67. The molecule has 0 radical (unpaired) electrons. The maximum atomic E-state index is 11.8. The lowest BCUT2D eigenvalue weighted by molar-refractivity contribution is -0.136. The molecule has 1 aromatic rings. The number of carbonyl (C=O) groups is 2. The van der Waals surface area contributed by atoms with Crippen LogP contribution < -0.4 is 5.32 Å². The van der Waals surface area contributed by atoms with E-state index < -0.39 is 17.7 Å². The maximum absolute atomic E-state index is 11.8. The van der Waals surface area contributed by atoms with Gasteiger partial charge in [0.25, 0.3) is 0 Å². The molecule has 5 nitrogen and oxygen atoms in total. The molecule has 1 rings (SSSR count). The Balaban J connectivity index is 2.91. The lowest BCUT2D eigenvalue weighted by Crippen LogP contribution is -2.27. The molecule has 2 N–H and O–H groups in total. The summed E-state index contributed by atoms with van der Waals surface area (Å²) < 4.78 is 6.21. The molecule has 1 amide bonds. The normalized spacial score (nSPS) is 11.1. The zero-order valence-electron chi connectivity index (χ0n) is 12.6. The van der Waals surface area contributed by atoms with Gasteiger partial charge < -0.3 is 9.84 Å². The van der Waals surface area contributed by atoms with E-state index in [9.17, 15) is 9.59 Å². The first kappa shape index (κ1) is 17.7. The van der Waals surface area contributed by atoms with Gasteiger partial charge in [-0.1, -0.05) is 0 Å². The number of benzene rings is 1. The fourth-order valence-electron chi connectivity index (χ4n) is 1.81. The first-order valence-corrected chi connectivity index (χ1v) is 7.68. The highest BCUT2D eigenvalue weighted by molar-refractivity contribution is 14.1. The SMILES string of the molecule is Cc1c(NC(=O)OC(C)(C)C)ccc(I)c1CCC(=O)O. The zero-order valence-corrected chi connectivity index (χ0v) is 14.8. The zero-order chi connectivity index (χ0) is 16.2. The lowest BCUT2D eigenvalue weighted by atomic mass is 10.0. The van der Waals surface area contributed by atoms with Crippen molar-refractivity contribution in [1.29, 1.82) is 0 Å². The van der Waals surface area contributed by atoms with E-state index in [1.54, 1.807) is 26.8 Å². The summed E-state index contributed by atoms with van der Waals surface area (Å²) in [6.45, 7) is 7.26. The second-order valence-corrected chi connectivity index (χ2v) is 6.88. The van der Waals surface area contributed by atoms with E-state index >= 15 is 0 Å². The molecule has 0 unspecified atom stereocenters. The van der Waals surface area contributed by atoms with Crippen LogP contribution in [0.15, 0.2) is 12.1 Å². The highest BCUT2D eigenvalue weighted by Crippen LogP contribution is 2.26. The van der Waals surface area contributed by atoms with Crippen LogP contribution in [0.1, 0.15) is 38.3 Å². The Kier molecular flexibility index (Phi) is 6.00. The third kappa shape index (κ3) is 5.91. The van der Waals surface area contributed by atoms with Crippen LogP contribution in [0.25, 0.3) is 0 Å². The Morgan fingerprint density at radius 3 is 2.48 bits per heavy atom. The lowest BCUT2D eigenvalue weighted by Gasteiger charge is -2.21. The monoisotopic (exact) mass is 405 g/mol. The molecule has 0 saturated carbocycles. The quantitative estimate of drug-likeness (QED) is 0.744. The molecule has 0 heterocycles. The van der Waals surface area contributed by atoms with Gasteiger partial charge in [-0.15, -0.1) is 0 Å². The van der Waals surface area contributed by atoms with Crippen LogP contribution in [0.3, 0.4) is 0 Å². The minimum absolute atomic E-state index is 0.0622. The molecular formula is C15H20INO4. The number of nitrogens with one attached hydrogen (secondary N) is 1. The number of hydrogen-bond donors (Lipinski definition) is 2. The number of ether oxygens (including phenoxy) is 1. The number of aliphatic carboxylic acids is 1. The number of carboxylic acids is 1. The molecular weight excluding hydrogens is 385 g/mol. The van der Waals surface area contributed by atoms with Gasteiger partial charge in [0.15, 0.2) is 0 Å². The minimum Gasteiger partial charge on any atom is -0.481 e. The van der Waals surface area contributed by atoms with Crippen LogP contribution in [-0.4, -0.2) is 22.8 Å². The van der Waals surface area contributed by atoms with Gasteiger partial charge >= 0.3 is 12.1 Å². The standard InChI is InChI=1S/C15H20INO4/c1-9-10(5-8-13(18)19)11(16)6-7-12(9)17-14(20)21-15(2,3)4/h6-7H,5,8H2,1-4H3,(H,17,20)(H,18,19).